The second-order valence-corrected chi connectivity index (χ2v) is 6.67. The molecular formula is C17H11ClN2O2S. The zero-order chi connectivity index (χ0) is 16.0. The molecule has 0 aliphatic heterocycles. The lowest BCUT2D eigenvalue weighted by Gasteiger charge is -2.05. The Morgan fingerprint density at radius 2 is 1.91 bits per heavy atom. The molecule has 0 aliphatic carbocycles. The largest absolute Gasteiger partial charge is 0.481 e. The molecule has 0 saturated heterocycles. The van der Waals surface area contributed by atoms with Crippen molar-refractivity contribution in [1.82, 2.24) is 9.38 Å². The van der Waals surface area contributed by atoms with Crippen molar-refractivity contribution in [2.75, 3.05) is 0 Å². The lowest BCUT2D eigenvalue weighted by Crippen LogP contribution is -2.00. The first kappa shape index (κ1) is 14.2. The summed E-state index contributed by atoms with van der Waals surface area (Å²) >= 11 is 7.39. The van der Waals surface area contributed by atoms with E-state index >= 15 is 0 Å². The molecule has 1 N–H and O–H groups in total. The minimum Gasteiger partial charge on any atom is -0.481 e. The van der Waals surface area contributed by atoms with Crippen molar-refractivity contribution < 1.29 is 9.90 Å². The summed E-state index contributed by atoms with van der Waals surface area (Å²) in [6, 6.07) is 15.3. The number of nitrogens with zero attached hydrogens (tertiary/aromatic N) is 2. The van der Waals surface area contributed by atoms with E-state index in [-0.39, 0.29) is 6.42 Å². The number of imidazole rings is 1. The van der Waals surface area contributed by atoms with Crippen LogP contribution in [0.25, 0.3) is 27.3 Å². The molecular weight excluding hydrogens is 332 g/mol. The van der Waals surface area contributed by atoms with Crippen LogP contribution in [0, 0.1) is 0 Å². The quantitative estimate of drug-likeness (QED) is 0.596. The van der Waals surface area contributed by atoms with Crippen LogP contribution in [-0.4, -0.2) is 20.5 Å². The molecule has 4 nitrogen and oxygen atoms in total. The molecule has 0 aliphatic rings. The Bertz CT molecular complexity index is 1030. The molecule has 0 spiro atoms. The molecule has 0 radical (unpaired) electrons. The fourth-order valence-electron chi connectivity index (χ4n) is 2.73. The smallest absolute Gasteiger partial charge is 0.308 e. The van der Waals surface area contributed by atoms with Gasteiger partial charge in [-0.05, 0) is 29.8 Å². The van der Waals surface area contributed by atoms with Crippen molar-refractivity contribution in [3.63, 3.8) is 0 Å². The van der Waals surface area contributed by atoms with Crippen LogP contribution < -0.4 is 0 Å². The number of halogens is 1. The first-order valence-corrected chi connectivity index (χ1v) is 8.19. The summed E-state index contributed by atoms with van der Waals surface area (Å²) in [5.41, 5.74) is 3.67. The summed E-state index contributed by atoms with van der Waals surface area (Å²) in [7, 11) is 0. The number of carboxylic acids is 1. The van der Waals surface area contributed by atoms with E-state index in [1.54, 1.807) is 0 Å². The van der Waals surface area contributed by atoms with Gasteiger partial charge in [0.05, 0.1) is 23.1 Å². The van der Waals surface area contributed by atoms with Crippen molar-refractivity contribution in [1.29, 1.82) is 0 Å². The molecule has 0 unspecified atom stereocenters. The van der Waals surface area contributed by atoms with Gasteiger partial charge in [-0.15, -0.1) is 11.3 Å². The number of hydrogen-bond acceptors (Lipinski definition) is 3. The standard InChI is InChI=1S/C17H11ClN2O2S/c18-11-7-5-10(6-8-11)16-14(9-15(21)22)23-17-19-12-3-1-2-4-13(12)20(16)17/h1-8H,9H2,(H,21,22). The zero-order valence-electron chi connectivity index (χ0n) is 11.9. The van der Waals surface area contributed by atoms with Crippen LogP contribution in [0.1, 0.15) is 4.88 Å². The van der Waals surface area contributed by atoms with Crippen molar-refractivity contribution in [3.05, 3.63) is 58.4 Å². The first-order chi connectivity index (χ1) is 11.1. The van der Waals surface area contributed by atoms with Gasteiger partial charge in [-0.25, -0.2) is 4.98 Å². The maximum atomic E-state index is 11.2. The SMILES string of the molecule is O=C(O)Cc1sc2nc3ccccc3n2c1-c1ccc(Cl)cc1. The van der Waals surface area contributed by atoms with Crippen molar-refractivity contribution in [2.45, 2.75) is 6.42 Å². The van der Waals surface area contributed by atoms with Crippen molar-refractivity contribution in [3.8, 4) is 11.3 Å². The number of aromatic nitrogens is 2. The topological polar surface area (TPSA) is 54.6 Å². The Balaban J connectivity index is 2.07. The molecule has 23 heavy (non-hydrogen) atoms. The predicted molar refractivity (Wildman–Crippen MR) is 92.4 cm³/mol. The van der Waals surface area contributed by atoms with E-state index in [1.165, 1.54) is 11.3 Å². The highest BCUT2D eigenvalue weighted by Crippen LogP contribution is 2.35. The average Bonchev–Trinajstić information content (AvgIpc) is 3.03. The van der Waals surface area contributed by atoms with Crippen molar-refractivity contribution >= 4 is 44.9 Å². The van der Waals surface area contributed by atoms with Gasteiger partial charge in [0.15, 0.2) is 4.96 Å². The monoisotopic (exact) mass is 342 g/mol. The molecule has 6 heteroatoms. The number of fused-ring (bicyclic) bond motifs is 3. The molecule has 0 fully saturated rings. The number of rotatable bonds is 3. The summed E-state index contributed by atoms with van der Waals surface area (Å²) in [6.45, 7) is 0. The van der Waals surface area contributed by atoms with Crippen LogP contribution in [0.3, 0.4) is 0 Å². The highest BCUT2D eigenvalue weighted by atomic mass is 35.5. The first-order valence-electron chi connectivity index (χ1n) is 7.00. The van der Waals surface area contributed by atoms with Crippen molar-refractivity contribution in [2.24, 2.45) is 0 Å². The number of carbonyl (C=O) groups is 1. The molecule has 0 bridgehead atoms. The Hall–Kier alpha value is -2.37. The number of thiazole rings is 1. The van der Waals surface area contributed by atoms with Gasteiger partial charge in [0.1, 0.15) is 0 Å². The van der Waals surface area contributed by atoms with Gasteiger partial charge in [0, 0.05) is 9.90 Å². The zero-order valence-corrected chi connectivity index (χ0v) is 13.4. The van der Waals surface area contributed by atoms with E-state index in [4.69, 9.17) is 11.6 Å². The fraction of sp³-hybridized carbons (Fsp3) is 0.0588. The molecule has 4 aromatic rings. The predicted octanol–water partition coefficient (Wildman–Crippen LogP) is 4.50. The Morgan fingerprint density at radius 1 is 1.17 bits per heavy atom. The molecule has 2 aromatic heterocycles. The average molecular weight is 343 g/mol. The molecule has 0 atom stereocenters. The van der Waals surface area contributed by atoms with Crippen LogP contribution in [0.2, 0.25) is 5.02 Å². The molecule has 0 saturated carbocycles. The summed E-state index contributed by atoms with van der Waals surface area (Å²) < 4.78 is 2.03. The minimum absolute atomic E-state index is 0.0275. The van der Waals surface area contributed by atoms with E-state index in [9.17, 15) is 9.90 Å². The van der Waals surface area contributed by atoms with E-state index in [0.717, 1.165) is 32.1 Å². The van der Waals surface area contributed by atoms with Crippen LogP contribution in [0.4, 0.5) is 0 Å². The Labute approximate surface area is 140 Å². The summed E-state index contributed by atoms with van der Waals surface area (Å²) in [5, 5.41) is 9.86. The molecule has 114 valence electrons. The number of aliphatic carboxylic acids is 1. The van der Waals surface area contributed by atoms with Crippen LogP contribution in [0.5, 0.6) is 0 Å². The van der Waals surface area contributed by atoms with Crippen LogP contribution >= 0.6 is 22.9 Å². The normalized spacial score (nSPS) is 11.3. The molecule has 2 aromatic carbocycles. The van der Waals surface area contributed by atoms with Crippen LogP contribution in [0.15, 0.2) is 48.5 Å². The number of para-hydroxylation sites is 2. The van der Waals surface area contributed by atoms with Crippen LogP contribution in [-0.2, 0) is 11.2 Å². The van der Waals surface area contributed by atoms with Gasteiger partial charge in [0.2, 0.25) is 0 Å². The third-order valence-electron chi connectivity index (χ3n) is 3.66. The molecule has 2 heterocycles. The Kier molecular flexibility index (Phi) is 3.32. The number of carboxylic acid groups (broad SMARTS) is 1. The Morgan fingerprint density at radius 3 is 2.65 bits per heavy atom. The molecule has 0 amide bonds. The summed E-state index contributed by atoms with van der Waals surface area (Å²) in [6.07, 6.45) is -0.0275. The third kappa shape index (κ3) is 2.38. The van der Waals surface area contributed by atoms with E-state index < -0.39 is 5.97 Å². The van der Waals surface area contributed by atoms with Gasteiger partial charge in [-0.2, -0.15) is 0 Å². The van der Waals surface area contributed by atoms with Gasteiger partial charge in [0.25, 0.3) is 0 Å². The van der Waals surface area contributed by atoms with Gasteiger partial charge >= 0.3 is 5.97 Å². The van der Waals surface area contributed by atoms with Gasteiger partial charge < -0.3 is 5.11 Å². The number of hydrogen-bond donors (Lipinski definition) is 1. The summed E-state index contributed by atoms with van der Waals surface area (Å²) in [4.78, 5) is 17.4. The maximum absolute atomic E-state index is 11.2. The lowest BCUT2D eigenvalue weighted by atomic mass is 10.1. The summed E-state index contributed by atoms with van der Waals surface area (Å²) in [5.74, 6) is -0.853. The highest BCUT2D eigenvalue weighted by molar-refractivity contribution is 7.17. The highest BCUT2D eigenvalue weighted by Gasteiger charge is 2.19. The van der Waals surface area contributed by atoms with E-state index in [0.29, 0.717) is 5.02 Å². The van der Waals surface area contributed by atoms with E-state index in [1.807, 2.05) is 52.9 Å². The molecule has 4 rings (SSSR count). The van der Waals surface area contributed by atoms with Gasteiger partial charge in [-0.1, -0.05) is 35.9 Å². The fourth-order valence-corrected chi connectivity index (χ4v) is 4.00. The second kappa shape index (κ2) is 5.37. The van der Waals surface area contributed by atoms with Gasteiger partial charge in [-0.3, -0.25) is 9.20 Å². The minimum atomic E-state index is -0.853. The maximum Gasteiger partial charge on any atom is 0.308 e. The lowest BCUT2D eigenvalue weighted by molar-refractivity contribution is -0.136. The number of benzene rings is 2. The second-order valence-electron chi connectivity index (χ2n) is 5.17. The van der Waals surface area contributed by atoms with E-state index in [2.05, 4.69) is 4.98 Å². The third-order valence-corrected chi connectivity index (χ3v) is 4.95.